The summed E-state index contributed by atoms with van der Waals surface area (Å²) in [5, 5.41) is 0. The molecule has 1 aromatic carbocycles. The Labute approximate surface area is 114 Å². The lowest BCUT2D eigenvalue weighted by Gasteiger charge is -2.07. The molecule has 0 aliphatic carbocycles. The van der Waals surface area contributed by atoms with Crippen molar-refractivity contribution >= 4 is 27.9 Å². The fourth-order valence-electron chi connectivity index (χ4n) is 1.10. The molecule has 0 saturated heterocycles. The largest absolute Gasteiger partial charge is 0.459 e. The van der Waals surface area contributed by atoms with Crippen molar-refractivity contribution in [1.29, 1.82) is 0 Å². The highest BCUT2D eigenvalue weighted by atomic mass is 79.9. The van der Waals surface area contributed by atoms with Gasteiger partial charge < -0.3 is 9.47 Å². The molecule has 0 aromatic heterocycles. The van der Waals surface area contributed by atoms with E-state index in [2.05, 4.69) is 22.5 Å². The molecule has 0 amide bonds. The number of halogens is 1. The van der Waals surface area contributed by atoms with Gasteiger partial charge in [0.15, 0.2) is 0 Å². The first-order valence-electron chi connectivity index (χ1n) is 5.26. The van der Waals surface area contributed by atoms with Gasteiger partial charge in [0, 0.05) is 10.0 Å². The first-order chi connectivity index (χ1) is 8.52. The summed E-state index contributed by atoms with van der Waals surface area (Å²) in [5.74, 6) is -0.958. The van der Waals surface area contributed by atoms with Gasteiger partial charge in [0.1, 0.15) is 13.2 Å². The second-order valence-corrected chi connectivity index (χ2v) is 4.39. The zero-order chi connectivity index (χ0) is 13.5. The second-order valence-electron chi connectivity index (χ2n) is 3.53. The molecule has 96 valence electrons. The Morgan fingerprint density at radius 2 is 1.83 bits per heavy atom. The van der Waals surface area contributed by atoms with E-state index >= 15 is 0 Å². The molecule has 0 fully saturated rings. The highest BCUT2D eigenvalue weighted by Crippen LogP contribution is 2.16. The molecule has 0 bridgehead atoms. The van der Waals surface area contributed by atoms with Gasteiger partial charge in [-0.2, -0.15) is 0 Å². The van der Waals surface area contributed by atoms with Crippen LogP contribution in [0.25, 0.3) is 0 Å². The number of rotatable bonds is 5. The summed E-state index contributed by atoms with van der Waals surface area (Å²) in [7, 11) is 0. The summed E-state index contributed by atoms with van der Waals surface area (Å²) in [5.41, 5.74) is 0.746. The molecule has 5 heteroatoms. The van der Waals surface area contributed by atoms with Crippen LogP contribution in [0.3, 0.4) is 0 Å². The predicted molar refractivity (Wildman–Crippen MR) is 70.2 cm³/mol. The number of hydrogen-bond donors (Lipinski definition) is 0. The van der Waals surface area contributed by atoms with Crippen LogP contribution in [0.4, 0.5) is 0 Å². The van der Waals surface area contributed by atoms with Crippen LogP contribution in [0, 0.1) is 0 Å². The normalized spacial score (nSPS) is 9.67. The fraction of sp³-hybridized carbons (Fsp3) is 0.231. The van der Waals surface area contributed by atoms with Crippen molar-refractivity contribution in [1.82, 2.24) is 0 Å². The zero-order valence-corrected chi connectivity index (χ0v) is 11.5. The lowest BCUT2D eigenvalue weighted by molar-refractivity contribution is -0.140. The van der Waals surface area contributed by atoms with E-state index in [1.807, 2.05) is 0 Å². The minimum Gasteiger partial charge on any atom is -0.459 e. The molecule has 1 rings (SSSR count). The van der Waals surface area contributed by atoms with E-state index in [1.54, 1.807) is 31.2 Å². The highest BCUT2D eigenvalue weighted by Gasteiger charge is 2.10. The van der Waals surface area contributed by atoms with Crippen LogP contribution in [-0.2, 0) is 14.3 Å². The number of hydrogen-bond acceptors (Lipinski definition) is 4. The molecule has 0 N–H and O–H groups in total. The van der Waals surface area contributed by atoms with Gasteiger partial charge >= 0.3 is 11.9 Å². The van der Waals surface area contributed by atoms with Crippen molar-refractivity contribution in [2.45, 2.75) is 6.92 Å². The average Bonchev–Trinajstić information content (AvgIpc) is 2.34. The van der Waals surface area contributed by atoms with Gasteiger partial charge in [-0.1, -0.05) is 18.7 Å². The SMILES string of the molecule is C=C(C)C(=O)OCCOC(=O)c1ccccc1Br. The third kappa shape index (κ3) is 4.33. The summed E-state index contributed by atoms with van der Waals surface area (Å²) >= 11 is 3.25. The molecule has 4 nitrogen and oxygen atoms in total. The van der Waals surface area contributed by atoms with Crippen LogP contribution in [0.5, 0.6) is 0 Å². The molecular weight excluding hydrogens is 300 g/mol. The van der Waals surface area contributed by atoms with Crippen molar-refractivity contribution in [3.63, 3.8) is 0 Å². The third-order valence-corrected chi connectivity index (χ3v) is 2.68. The number of carbonyl (C=O) groups is 2. The topological polar surface area (TPSA) is 52.6 Å². The molecule has 0 atom stereocenters. The lowest BCUT2D eigenvalue weighted by atomic mass is 10.2. The van der Waals surface area contributed by atoms with Gasteiger partial charge in [-0.05, 0) is 35.0 Å². The average molecular weight is 313 g/mol. The van der Waals surface area contributed by atoms with E-state index < -0.39 is 11.9 Å². The molecule has 0 aliphatic heterocycles. The summed E-state index contributed by atoms with van der Waals surface area (Å²) in [6.07, 6.45) is 0. The maximum absolute atomic E-state index is 11.6. The van der Waals surface area contributed by atoms with Crippen molar-refractivity contribution < 1.29 is 19.1 Å². The van der Waals surface area contributed by atoms with Crippen molar-refractivity contribution in [2.24, 2.45) is 0 Å². The van der Waals surface area contributed by atoms with Gasteiger partial charge in [0.05, 0.1) is 5.56 Å². The van der Waals surface area contributed by atoms with Crippen LogP contribution in [-0.4, -0.2) is 25.2 Å². The third-order valence-electron chi connectivity index (χ3n) is 1.99. The van der Waals surface area contributed by atoms with Crippen LogP contribution in [0.1, 0.15) is 17.3 Å². The maximum Gasteiger partial charge on any atom is 0.339 e. The van der Waals surface area contributed by atoms with E-state index in [1.165, 1.54) is 0 Å². The molecular formula is C13H13BrO4. The Morgan fingerprint density at radius 1 is 1.22 bits per heavy atom. The summed E-state index contributed by atoms with van der Waals surface area (Å²) in [4.78, 5) is 22.7. The molecule has 0 aliphatic rings. The minimum absolute atomic E-state index is 0.0131. The van der Waals surface area contributed by atoms with E-state index in [0.29, 0.717) is 15.6 Å². The fourth-order valence-corrected chi connectivity index (χ4v) is 1.54. The molecule has 0 saturated carbocycles. The molecule has 0 radical (unpaired) electrons. The van der Waals surface area contributed by atoms with Gasteiger partial charge in [-0.25, -0.2) is 9.59 Å². The standard InChI is InChI=1S/C13H13BrO4/c1-9(2)12(15)17-7-8-18-13(16)10-5-3-4-6-11(10)14/h3-6H,1,7-8H2,2H3. The smallest absolute Gasteiger partial charge is 0.339 e. The lowest BCUT2D eigenvalue weighted by Crippen LogP contribution is -2.14. The Balaban J connectivity index is 2.37. The second kappa shape index (κ2) is 6.96. The molecule has 18 heavy (non-hydrogen) atoms. The van der Waals surface area contributed by atoms with Gasteiger partial charge in [0.2, 0.25) is 0 Å². The molecule has 0 heterocycles. The highest BCUT2D eigenvalue weighted by molar-refractivity contribution is 9.10. The van der Waals surface area contributed by atoms with E-state index in [-0.39, 0.29) is 13.2 Å². The predicted octanol–water partition coefficient (Wildman–Crippen LogP) is 2.73. The Bertz CT molecular complexity index is 468. The first kappa shape index (κ1) is 14.4. The summed E-state index contributed by atoms with van der Waals surface area (Å²) < 4.78 is 10.4. The van der Waals surface area contributed by atoms with Crippen molar-refractivity contribution in [3.05, 3.63) is 46.5 Å². The summed E-state index contributed by atoms with van der Waals surface area (Å²) in [6, 6.07) is 6.93. The van der Waals surface area contributed by atoms with Crippen molar-refractivity contribution in [2.75, 3.05) is 13.2 Å². The van der Waals surface area contributed by atoms with Crippen LogP contribution in [0.15, 0.2) is 40.9 Å². The number of ether oxygens (including phenoxy) is 2. The monoisotopic (exact) mass is 312 g/mol. The Kier molecular flexibility index (Phi) is 5.58. The van der Waals surface area contributed by atoms with Gasteiger partial charge in [0.25, 0.3) is 0 Å². The first-order valence-corrected chi connectivity index (χ1v) is 6.06. The zero-order valence-electron chi connectivity index (χ0n) is 9.94. The maximum atomic E-state index is 11.6. The van der Waals surface area contributed by atoms with E-state index in [9.17, 15) is 9.59 Å². The number of benzene rings is 1. The van der Waals surface area contributed by atoms with Gasteiger partial charge in [-0.15, -0.1) is 0 Å². The summed E-state index contributed by atoms with van der Waals surface area (Å²) in [6.45, 7) is 5.02. The van der Waals surface area contributed by atoms with Gasteiger partial charge in [-0.3, -0.25) is 0 Å². The number of esters is 2. The molecule has 0 unspecified atom stereocenters. The number of carbonyl (C=O) groups excluding carboxylic acids is 2. The van der Waals surface area contributed by atoms with Crippen molar-refractivity contribution in [3.8, 4) is 0 Å². The van der Waals surface area contributed by atoms with E-state index in [0.717, 1.165) is 0 Å². The molecule has 0 spiro atoms. The van der Waals surface area contributed by atoms with E-state index in [4.69, 9.17) is 9.47 Å². The van der Waals surface area contributed by atoms with Crippen LogP contribution < -0.4 is 0 Å². The molecule has 1 aromatic rings. The minimum atomic E-state index is -0.494. The Hall–Kier alpha value is -1.62. The Morgan fingerprint density at radius 3 is 2.44 bits per heavy atom. The quantitative estimate of drug-likeness (QED) is 0.476. The van der Waals surface area contributed by atoms with Crippen LogP contribution in [0.2, 0.25) is 0 Å². The van der Waals surface area contributed by atoms with Crippen LogP contribution >= 0.6 is 15.9 Å².